The molecule has 1 unspecified atom stereocenters. The molecule has 0 aliphatic carbocycles. The highest BCUT2D eigenvalue weighted by atomic mass is 16.6. The van der Waals surface area contributed by atoms with Crippen molar-refractivity contribution in [1.29, 1.82) is 0 Å². The van der Waals surface area contributed by atoms with Crippen molar-refractivity contribution in [2.24, 2.45) is 0 Å². The van der Waals surface area contributed by atoms with Gasteiger partial charge in [-0.05, 0) is 46.5 Å². The Balaban J connectivity index is 1.91. The van der Waals surface area contributed by atoms with Crippen LogP contribution in [0.25, 0.3) is 0 Å². The maximum atomic E-state index is 12.5. The number of ether oxygens (including phenoxy) is 2. The lowest BCUT2D eigenvalue weighted by atomic mass is 10.00. The fraction of sp³-hybridized carbons (Fsp3) is 0.700. The molecule has 29 heavy (non-hydrogen) atoms. The number of anilines is 1. The zero-order valence-corrected chi connectivity index (χ0v) is 17.8. The van der Waals surface area contributed by atoms with Crippen molar-refractivity contribution in [3.8, 4) is 0 Å². The van der Waals surface area contributed by atoms with Gasteiger partial charge >= 0.3 is 12.1 Å². The zero-order valence-electron chi connectivity index (χ0n) is 17.8. The second kappa shape index (κ2) is 10.3. The number of hydrogen-bond donors (Lipinski definition) is 1. The fourth-order valence-electron chi connectivity index (χ4n) is 3.25. The number of esters is 1. The number of carbonyl (C=O) groups excluding carboxylic acids is 2. The first-order valence-electron chi connectivity index (χ1n) is 10.1. The Hall–Kier alpha value is -2.58. The number of piperidine rings is 1. The molecule has 1 atom stereocenters. The zero-order chi connectivity index (χ0) is 21.4. The third kappa shape index (κ3) is 7.40. The number of aromatic nitrogens is 2. The SMILES string of the molecule is CC(=O)OCCn1ccnc(NCCC2CCCCN2C(=O)OC(C)(C)C)c1=O. The first kappa shape index (κ1) is 22.7. The molecule has 0 aromatic carbocycles. The van der Waals surface area contributed by atoms with Crippen molar-refractivity contribution in [2.45, 2.75) is 71.6 Å². The van der Waals surface area contributed by atoms with E-state index in [4.69, 9.17) is 9.47 Å². The third-order valence-corrected chi connectivity index (χ3v) is 4.58. The summed E-state index contributed by atoms with van der Waals surface area (Å²) in [5.41, 5.74) is -0.796. The maximum absolute atomic E-state index is 12.5. The summed E-state index contributed by atoms with van der Waals surface area (Å²) in [6.45, 7) is 8.51. The van der Waals surface area contributed by atoms with Gasteiger partial charge in [0.15, 0.2) is 5.82 Å². The van der Waals surface area contributed by atoms with Crippen LogP contribution in [-0.2, 0) is 20.8 Å². The van der Waals surface area contributed by atoms with E-state index in [-0.39, 0.29) is 42.6 Å². The van der Waals surface area contributed by atoms with Crippen molar-refractivity contribution >= 4 is 17.9 Å². The Bertz CT molecular complexity index is 756. The van der Waals surface area contributed by atoms with Crippen LogP contribution >= 0.6 is 0 Å². The minimum atomic E-state index is -0.525. The highest BCUT2D eigenvalue weighted by molar-refractivity contribution is 5.68. The molecule has 0 spiro atoms. The largest absolute Gasteiger partial charge is 0.464 e. The van der Waals surface area contributed by atoms with Gasteiger partial charge in [-0.1, -0.05) is 0 Å². The minimum absolute atomic E-state index is 0.0704. The van der Waals surface area contributed by atoms with Crippen molar-refractivity contribution in [2.75, 3.05) is 25.0 Å². The molecule has 1 aliphatic rings. The standard InChI is InChI=1S/C20H32N4O5/c1-15(25)28-14-13-23-12-10-22-17(18(23)26)21-9-8-16-7-5-6-11-24(16)19(27)29-20(2,3)4/h10,12,16H,5-9,11,13-14H2,1-4H3,(H,21,22). The monoisotopic (exact) mass is 408 g/mol. The molecule has 1 aliphatic heterocycles. The van der Waals surface area contributed by atoms with Crippen LogP contribution in [0.1, 0.15) is 53.4 Å². The van der Waals surface area contributed by atoms with Crippen molar-refractivity contribution in [1.82, 2.24) is 14.5 Å². The van der Waals surface area contributed by atoms with E-state index in [1.54, 1.807) is 11.1 Å². The van der Waals surface area contributed by atoms with Crippen LogP contribution in [0.4, 0.5) is 10.6 Å². The van der Waals surface area contributed by atoms with Crippen LogP contribution in [-0.4, -0.2) is 57.9 Å². The smallest absolute Gasteiger partial charge is 0.410 e. The van der Waals surface area contributed by atoms with E-state index < -0.39 is 5.60 Å². The Labute approximate surface area is 171 Å². The summed E-state index contributed by atoms with van der Waals surface area (Å²) >= 11 is 0. The number of carbonyl (C=O) groups is 2. The highest BCUT2D eigenvalue weighted by Gasteiger charge is 2.30. The quantitative estimate of drug-likeness (QED) is 0.691. The molecule has 1 amide bonds. The highest BCUT2D eigenvalue weighted by Crippen LogP contribution is 2.22. The summed E-state index contributed by atoms with van der Waals surface area (Å²) in [6, 6.07) is 0.0704. The lowest BCUT2D eigenvalue weighted by molar-refractivity contribution is -0.141. The first-order valence-corrected chi connectivity index (χ1v) is 10.1. The maximum Gasteiger partial charge on any atom is 0.410 e. The van der Waals surface area contributed by atoms with Gasteiger partial charge in [0.25, 0.3) is 5.56 Å². The van der Waals surface area contributed by atoms with Crippen LogP contribution < -0.4 is 10.9 Å². The van der Waals surface area contributed by atoms with Gasteiger partial charge in [-0.3, -0.25) is 9.59 Å². The van der Waals surface area contributed by atoms with E-state index in [0.717, 1.165) is 19.3 Å². The fourth-order valence-corrected chi connectivity index (χ4v) is 3.25. The van der Waals surface area contributed by atoms with Gasteiger partial charge in [0.2, 0.25) is 0 Å². The molecular formula is C20H32N4O5. The normalized spacial score (nSPS) is 17.0. The predicted octanol–water partition coefficient (Wildman–Crippen LogP) is 2.40. The number of nitrogens with zero attached hydrogens (tertiary/aromatic N) is 3. The summed E-state index contributed by atoms with van der Waals surface area (Å²) in [6.07, 6.45) is 6.45. The molecule has 2 heterocycles. The molecule has 2 rings (SSSR count). The Morgan fingerprint density at radius 1 is 1.31 bits per heavy atom. The van der Waals surface area contributed by atoms with Gasteiger partial charge in [-0.2, -0.15) is 0 Å². The molecule has 1 fully saturated rings. The molecule has 1 saturated heterocycles. The average Bonchev–Trinajstić information content (AvgIpc) is 2.63. The third-order valence-electron chi connectivity index (χ3n) is 4.58. The van der Waals surface area contributed by atoms with Crippen molar-refractivity contribution < 1.29 is 19.1 Å². The lowest BCUT2D eigenvalue weighted by Crippen LogP contribution is -2.46. The molecule has 1 N–H and O–H groups in total. The minimum Gasteiger partial charge on any atom is -0.464 e. The van der Waals surface area contributed by atoms with Gasteiger partial charge in [-0.25, -0.2) is 9.78 Å². The molecule has 0 bridgehead atoms. The average molecular weight is 408 g/mol. The van der Waals surface area contributed by atoms with Crippen LogP contribution in [0.3, 0.4) is 0 Å². The summed E-state index contributed by atoms with van der Waals surface area (Å²) in [7, 11) is 0. The van der Waals surface area contributed by atoms with E-state index in [9.17, 15) is 14.4 Å². The van der Waals surface area contributed by atoms with Crippen molar-refractivity contribution in [3.63, 3.8) is 0 Å². The van der Waals surface area contributed by atoms with E-state index in [0.29, 0.717) is 19.5 Å². The Kier molecular flexibility index (Phi) is 8.04. The second-order valence-electron chi connectivity index (χ2n) is 8.15. The molecule has 9 nitrogen and oxygen atoms in total. The number of amides is 1. The van der Waals surface area contributed by atoms with Crippen LogP contribution in [0.2, 0.25) is 0 Å². The van der Waals surface area contributed by atoms with Crippen LogP contribution in [0, 0.1) is 0 Å². The second-order valence-corrected chi connectivity index (χ2v) is 8.15. The van der Waals surface area contributed by atoms with Crippen LogP contribution in [0.15, 0.2) is 17.2 Å². The lowest BCUT2D eigenvalue weighted by Gasteiger charge is -2.36. The van der Waals surface area contributed by atoms with E-state index in [1.807, 2.05) is 20.8 Å². The molecule has 0 radical (unpaired) electrons. The van der Waals surface area contributed by atoms with Gasteiger partial charge in [0.1, 0.15) is 12.2 Å². The molecular weight excluding hydrogens is 376 g/mol. The predicted molar refractivity (Wildman–Crippen MR) is 109 cm³/mol. The Morgan fingerprint density at radius 3 is 2.76 bits per heavy atom. The number of hydrogen-bond acceptors (Lipinski definition) is 7. The summed E-state index contributed by atoms with van der Waals surface area (Å²) < 4.78 is 11.9. The summed E-state index contributed by atoms with van der Waals surface area (Å²) in [5.74, 6) is -0.137. The van der Waals surface area contributed by atoms with E-state index in [1.165, 1.54) is 17.7 Å². The van der Waals surface area contributed by atoms with E-state index in [2.05, 4.69) is 10.3 Å². The molecule has 0 saturated carbocycles. The topological polar surface area (TPSA) is 103 Å². The first-order chi connectivity index (χ1) is 13.7. The number of nitrogens with one attached hydrogen (secondary N) is 1. The molecule has 162 valence electrons. The van der Waals surface area contributed by atoms with Crippen LogP contribution in [0.5, 0.6) is 0 Å². The van der Waals surface area contributed by atoms with E-state index >= 15 is 0 Å². The molecule has 9 heteroatoms. The van der Waals surface area contributed by atoms with Gasteiger partial charge < -0.3 is 24.3 Å². The molecule has 1 aromatic heterocycles. The Morgan fingerprint density at radius 2 is 2.07 bits per heavy atom. The summed E-state index contributed by atoms with van der Waals surface area (Å²) in [5, 5.41) is 3.08. The summed E-state index contributed by atoms with van der Waals surface area (Å²) in [4.78, 5) is 41.7. The van der Waals surface area contributed by atoms with Gasteiger partial charge in [0, 0.05) is 38.4 Å². The van der Waals surface area contributed by atoms with Gasteiger partial charge in [-0.15, -0.1) is 0 Å². The number of likely N-dealkylation sites (tertiary alicyclic amines) is 1. The molecule has 1 aromatic rings. The van der Waals surface area contributed by atoms with Gasteiger partial charge in [0.05, 0.1) is 6.54 Å². The number of rotatable bonds is 7. The van der Waals surface area contributed by atoms with Crippen molar-refractivity contribution in [3.05, 3.63) is 22.7 Å².